The second kappa shape index (κ2) is 6.64. The van der Waals surface area contributed by atoms with Gasteiger partial charge in [-0.05, 0) is 36.8 Å². The van der Waals surface area contributed by atoms with E-state index in [2.05, 4.69) is 0 Å². The Morgan fingerprint density at radius 1 is 1.05 bits per heavy atom. The molecule has 2 aromatic rings. The predicted octanol–water partition coefficient (Wildman–Crippen LogP) is 3.82. The van der Waals surface area contributed by atoms with E-state index in [4.69, 9.17) is 26.8 Å². The highest BCUT2D eigenvalue weighted by Gasteiger charge is 2.18. The van der Waals surface area contributed by atoms with Crippen LogP contribution in [0.5, 0.6) is 11.5 Å². The normalized spacial score (nSPS) is 13.6. The van der Waals surface area contributed by atoms with Crippen molar-refractivity contribution in [2.24, 2.45) is 5.73 Å². The molecule has 0 aliphatic rings. The van der Waals surface area contributed by atoms with Crippen LogP contribution in [0.15, 0.2) is 48.5 Å². The summed E-state index contributed by atoms with van der Waals surface area (Å²) >= 11 is 5.91. The minimum absolute atomic E-state index is 0.151. The Morgan fingerprint density at radius 2 is 1.70 bits per heavy atom. The fraction of sp³-hybridized carbons (Fsp3) is 0.250. The first kappa shape index (κ1) is 14.7. The van der Waals surface area contributed by atoms with Crippen molar-refractivity contribution < 1.29 is 9.47 Å². The third-order valence-corrected chi connectivity index (χ3v) is 3.23. The molecule has 0 bridgehead atoms. The van der Waals surface area contributed by atoms with Gasteiger partial charge < -0.3 is 15.2 Å². The molecule has 0 saturated heterocycles. The van der Waals surface area contributed by atoms with Crippen molar-refractivity contribution in [3.8, 4) is 11.5 Å². The zero-order valence-electron chi connectivity index (χ0n) is 11.5. The van der Waals surface area contributed by atoms with Crippen LogP contribution in [0.4, 0.5) is 0 Å². The molecule has 2 rings (SSSR count). The molecule has 2 aromatic carbocycles. The first-order valence-corrected chi connectivity index (χ1v) is 6.79. The van der Waals surface area contributed by atoms with Gasteiger partial charge in [0.15, 0.2) is 0 Å². The van der Waals surface area contributed by atoms with E-state index in [1.807, 2.05) is 55.5 Å². The first-order chi connectivity index (χ1) is 9.60. The van der Waals surface area contributed by atoms with E-state index in [1.165, 1.54) is 0 Å². The van der Waals surface area contributed by atoms with Gasteiger partial charge in [0.25, 0.3) is 0 Å². The maximum atomic E-state index is 6.04. The lowest BCUT2D eigenvalue weighted by Crippen LogP contribution is -2.29. The Labute approximate surface area is 124 Å². The molecule has 3 nitrogen and oxygen atoms in total. The Hall–Kier alpha value is -1.71. The van der Waals surface area contributed by atoms with E-state index >= 15 is 0 Å². The lowest BCUT2D eigenvalue weighted by atomic mass is 10.0. The highest BCUT2D eigenvalue weighted by atomic mass is 35.5. The Balaban J connectivity index is 2.23. The van der Waals surface area contributed by atoms with Gasteiger partial charge in [-0.2, -0.15) is 0 Å². The lowest BCUT2D eigenvalue weighted by molar-refractivity contribution is 0.180. The summed E-state index contributed by atoms with van der Waals surface area (Å²) in [6.45, 7) is 1.92. The second-order valence-electron chi connectivity index (χ2n) is 4.63. The number of halogens is 1. The van der Waals surface area contributed by atoms with Gasteiger partial charge in [-0.15, -0.1) is 0 Å². The average molecular weight is 292 g/mol. The van der Waals surface area contributed by atoms with Crippen molar-refractivity contribution in [1.29, 1.82) is 0 Å². The number of benzene rings is 2. The minimum Gasteiger partial charge on any atom is -0.497 e. The van der Waals surface area contributed by atoms with Crippen LogP contribution < -0.4 is 15.2 Å². The third kappa shape index (κ3) is 3.65. The average Bonchev–Trinajstić information content (AvgIpc) is 2.46. The van der Waals surface area contributed by atoms with Gasteiger partial charge in [0.05, 0.1) is 7.11 Å². The van der Waals surface area contributed by atoms with E-state index in [1.54, 1.807) is 7.11 Å². The highest BCUT2D eigenvalue weighted by Crippen LogP contribution is 2.27. The van der Waals surface area contributed by atoms with Gasteiger partial charge in [0, 0.05) is 17.1 Å². The third-order valence-electron chi connectivity index (χ3n) is 2.98. The number of nitrogens with two attached hydrogens (primary N) is 1. The van der Waals surface area contributed by atoms with E-state index in [-0.39, 0.29) is 12.1 Å². The van der Waals surface area contributed by atoms with Crippen LogP contribution in [0, 0.1) is 0 Å². The van der Waals surface area contributed by atoms with E-state index in [0.717, 1.165) is 17.1 Å². The molecule has 0 saturated carbocycles. The molecule has 0 aliphatic heterocycles. The fourth-order valence-corrected chi connectivity index (χ4v) is 2.08. The van der Waals surface area contributed by atoms with E-state index in [9.17, 15) is 0 Å². The maximum Gasteiger partial charge on any atom is 0.138 e. The summed E-state index contributed by atoms with van der Waals surface area (Å²) in [6, 6.07) is 14.8. The summed E-state index contributed by atoms with van der Waals surface area (Å²) in [5.41, 5.74) is 7.03. The van der Waals surface area contributed by atoms with Gasteiger partial charge in [-0.25, -0.2) is 0 Å². The first-order valence-electron chi connectivity index (χ1n) is 6.42. The second-order valence-corrected chi connectivity index (χ2v) is 5.06. The Morgan fingerprint density at radius 3 is 2.30 bits per heavy atom. The van der Waals surface area contributed by atoms with Crippen molar-refractivity contribution in [2.45, 2.75) is 19.1 Å². The molecule has 0 amide bonds. The van der Waals surface area contributed by atoms with Crippen molar-refractivity contribution in [3.63, 3.8) is 0 Å². The smallest absolute Gasteiger partial charge is 0.138 e. The van der Waals surface area contributed by atoms with Crippen LogP contribution in [0.2, 0.25) is 5.02 Å². The van der Waals surface area contributed by atoms with Crippen LogP contribution in [0.3, 0.4) is 0 Å². The van der Waals surface area contributed by atoms with Crippen molar-refractivity contribution >= 4 is 11.6 Å². The summed E-state index contributed by atoms with van der Waals surface area (Å²) in [4.78, 5) is 0. The quantitative estimate of drug-likeness (QED) is 0.911. The molecule has 20 heavy (non-hydrogen) atoms. The van der Waals surface area contributed by atoms with Gasteiger partial charge in [0.1, 0.15) is 17.6 Å². The molecule has 2 unspecified atom stereocenters. The summed E-state index contributed by atoms with van der Waals surface area (Å²) in [5.74, 6) is 1.48. The van der Waals surface area contributed by atoms with Gasteiger partial charge in [0.2, 0.25) is 0 Å². The number of ether oxygens (including phenoxy) is 2. The number of hydrogen-bond acceptors (Lipinski definition) is 3. The van der Waals surface area contributed by atoms with Gasteiger partial charge >= 0.3 is 0 Å². The molecular weight excluding hydrogens is 274 g/mol. The number of methoxy groups -OCH3 is 1. The summed E-state index contributed by atoms with van der Waals surface area (Å²) in [7, 11) is 1.63. The summed E-state index contributed by atoms with van der Waals surface area (Å²) in [6.07, 6.45) is -0.237. The zero-order valence-corrected chi connectivity index (χ0v) is 12.3. The van der Waals surface area contributed by atoms with Crippen molar-refractivity contribution in [2.75, 3.05) is 7.11 Å². The largest absolute Gasteiger partial charge is 0.497 e. The number of rotatable bonds is 5. The molecule has 0 fully saturated rings. The fourth-order valence-electron chi connectivity index (χ4n) is 1.95. The van der Waals surface area contributed by atoms with Crippen molar-refractivity contribution in [1.82, 2.24) is 0 Å². The van der Waals surface area contributed by atoms with Crippen LogP contribution in [0.25, 0.3) is 0 Å². The van der Waals surface area contributed by atoms with Crippen molar-refractivity contribution in [3.05, 3.63) is 59.1 Å². The standard InChI is InChI=1S/C16H18ClNO2/c1-11(18)16(12-6-8-13(17)9-7-12)20-15-5-3-4-14(10-15)19-2/h3-11,16H,18H2,1-2H3. The predicted molar refractivity (Wildman–Crippen MR) is 81.5 cm³/mol. The summed E-state index contributed by atoms with van der Waals surface area (Å²) < 4.78 is 11.2. The molecule has 4 heteroatoms. The molecule has 0 spiro atoms. The molecule has 0 aliphatic carbocycles. The topological polar surface area (TPSA) is 44.5 Å². The monoisotopic (exact) mass is 291 g/mol. The van der Waals surface area contributed by atoms with Gasteiger partial charge in [-0.1, -0.05) is 29.8 Å². The molecule has 0 aromatic heterocycles. The molecule has 0 radical (unpaired) electrons. The minimum atomic E-state index is -0.237. The maximum absolute atomic E-state index is 6.04. The molecular formula is C16H18ClNO2. The van der Waals surface area contributed by atoms with Crippen LogP contribution in [-0.4, -0.2) is 13.2 Å². The summed E-state index contributed by atoms with van der Waals surface area (Å²) in [5, 5.41) is 0.693. The van der Waals surface area contributed by atoms with Gasteiger partial charge in [-0.3, -0.25) is 0 Å². The van der Waals surface area contributed by atoms with E-state index < -0.39 is 0 Å². The molecule has 106 valence electrons. The molecule has 0 heterocycles. The van der Waals surface area contributed by atoms with Crippen LogP contribution in [0.1, 0.15) is 18.6 Å². The number of hydrogen-bond donors (Lipinski definition) is 1. The Kier molecular flexibility index (Phi) is 4.88. The van der Waals surface area contributed by atoms with E-state index in [0.29, 0.717) is 5.02 Å². The van der Waals surface area contributed by atoms with Crippen LogP contribution in [-0.2, 0) is 0 Å². The highest BCUT2D eigenvalue weighted by molar-refractivity contribution is 6.30. The SMILES string of the molecule is COc1cccc(OC(c2ccc(Cl)cc2)C(C)N)c1. The zero-order chi connectivity index (χ0) is 14.5. The Bertz CT molecular complexity index is 555. The molecule has 2 N–H and O–H groups in total. The van der Waals surface area contributed by atoms with Crippen LogP contribution >= 0.6 is 11.6 Å². The molecule has 2 atom stereocenters. The lowest BCUT2D eigenvalue weighted by Gasteiger charge is -2.23.